The predicted molar refractivity (Wildman–Crippen MR) is 114 cm³/mol. The molecule has 146 valence electrons. The molecule has 1 heterocycles. The van der Waals surface area contributed by atoms with Crippen molar-refractivity contribution in [2.75, 3.05) is 11.9 Å². The molecule has 1 aromatic heterocycles. The van der Waals surface area contributed by atoms with Gasteiger partial charge in [-0.25, -0.2) is 9.37 Å². The lowest BCUT2D eigenvalue weighted by atomic mass is 10.2. The second-order valence-corrected chi connectivity index (χ2v) is 7.88. The van der Waals surface area contributed by atoms with Gasteiger partial charge in [-0.2, -0.15) is 0 Å². The molecule has 0 fully saturated rings. The molecule has 0 aliphatic heterocycles. The first-order chi connectivity index (χ1) is 13.5. The van der Waals surface area contributed by atoms with Gasteiger partial charge in [0.05, 0.1) is 16.8 Å². The van der Waals surface area contributed by atoms with Crippen LogP contribution in [0.3, 0.4) is 0 Å². The first-order valence-corrected chi connectivity index (χ1v) is 10.6. The number of thiazole rings is 1. The Hall–Kier alpha value is -2.25. The SMILES string of the molecule is CCc1ccc(OCCCC(=O)Nc2nc(-c3ccc(F)cc3)cs2)c(Br)c1. The number of carbonyl (C=O) groups is 1. The van der Waals surface area contributed by atoms with Gasteiger partial charge in [0, 0.05) is 17.4 Å². The normalized spacial score (nSPS) is 10.7. The van der Waals surface area contributed by atoms with Crippen LogP contribution in [-0.4, -0.2) is 17.5 Å². The van der Waals surface area contributed by atoms with Crippen LogP contribution in [0.15, 0.2) is 52.3 Å². The zero-order valence-electron chi connectivity index (χ0n) is 15.4. The standard InChI is InChI=1S/C21H20BrFN2O2S/c1-2-14-5-10-19(17(22)12-14)27-11-3-4-20(26)25-21-24-18(13-28-21)15-6-8-16(23)9-7-15/h5-10,12-13H,2-4,11H2,1H3,(H,24,25,26). The highest BCUT2D eigenvalue weighted by molar-refractivity contribution is 9.10. The maximum atomic E-state index is 13.0. The monoisotopic (exact) mass is 462 g/mol. The van der Waals surface area contributed by atoms with Crippen molar-refractivity contribution >= 4 is 38.3 Å². The van der Waals surface area contributed by atoms with E-state index in [9.17, 15) is 9.18 Å². The second kappa shape index (κ2) is 9.80. The summed E-state index contributed by atoms with van der Waals surface area (Å²) in [4.78, 5) is 16.5. The minimum absolute atomic E-state index is 0.107. The maximum Gasteiger partial charge on any atom is 0.226 e. The van der Waals surface area contributed by atoms with Gasteiger partial charge in [0.15, 0.2) is 5.13 Å². The number of benzene rings is 2. The van der Waals surface area contributed by atoms with Gasteiger partial charge in [-0.1, -0.05) is 13.0 Å². The van der Waals surface area contributed by atoms with Gasteiger partial charge in [-0.15, -0.1) is 11.3 Å². The van der Waals surface area contributed by atoms with Gasteiger partial charge < -0.3 is 10.1 Å². The van der Waals surface area contributed by atoms with Crippen molar-refractivity contribution in [3.63, 3.8) is 0 Å². The Labute approximate surface area is 175 Å². The molecule has 28 heavy (non-hydrogen) atoms. The summed E-state index contributed by atoms with van der Waals surface area (Å²) in [6.45, 7) is 2.56. The van der Waals surface area contributed by atoms with Gasteiger partial charge in [-0.05, 0) is 70.7 Å². The molecule has 0 bridgehead atoms. The molecule has 1 N–H and O–H groups in total. The van der Waals surface area contributed by atoms with Crippen molar-refractivity contribution in [3.05, 3.63) is 63.7 Å². The molecule has 0 saturated heterocycles. The Morgan fingerprint density at radius 3 is 2.75 bits per heavy atom. The fourth-order valence-corrected chi connectivity index (χ4v) is 3.84. The van der Waals surface area contributed by atoms with Crippen LogP contribution in [0, 0.1) is 5.82 Å². The maximum absolute atomic E-state index is 13.0. The van der Waals surface area contributed by atoms with Gasteiger partial charge in [0.25, 0.3) is 0 Å². The average Bonchev–Trinajstić information content (AvgIpc) is 3.15. The fraction of sp³-hybridized carbons (Fsp3) is 0.238. The first-order valence-electron chi connectivity index (χ1n) is 8.97. The van der Waals surface area contributed by atoms with Crippen LogP contribution in [-0.2, 0) is 11.2 Å². The van der Waals surface area contributed by atoms with Crippen LogP contribution in [0.2, 0.25) is 0 Å². The zero-order valence-corrected chi connectivity index (χ0v) is 17.8. The van der Waals surface area contributed by atoms with Crippen molar-refractivity contribution in [3.8, 4) is 17.0 Å². The molecule has 3 rings (SSSR count). The molecular weight excluding hydrogens is 443 g/mol. The molecule has 4 nitrogen and oxygen atoms in total. The van der Waals surface area contributed by atoms with Crippen molar-refractivity contribution in [1.82, 2.24) is 4.98 Å². The van der Waals surface area contributed by atoms with Gasteiger partial charge in [0.2, 0.25) is 5.91 Å². The fourth-order valence-electron chi connectivity index (χ4n) is 2.56. The summed E-state index contributed by atoms with van der Waals surface area (Å²) in [5.74, 6) is 0.383. The molecule has 0 radical (unpaired) electrons. The van der Waals surface area contributed by atoms with Gasteiger partial charge in [0.1, 0.15) is 11.6 Å². The van der Waals surface area contributed by atoms with Crippen LogP contribution >= 0.6 is 27.3 Å². The van der Waals surface area contributed by atoms with E-state index in [-0.39, 0.29) is 11.7 Å². The van der Waals surface area contributed by atoms with E-state index in [0.29, 0.717) is 30.3 Å². The molecule has 0 aliphatic carbocycles. The minimum Gasteiger partial charge on any atom is -0.492 e. The highest BCUT2D eigenvalue weighted by Gasteiger charge is 2.09. The van der Waals surface area contributed by atoms with E-state index in [0.717, 1.165) is 22.2 Å². The summed E-state index contributed by atoms with van der Waals surface area (Å²) in [5, 5.41) is 5.17. The number of amides is 1. The lowest BCUT2D eigenvalue weighted by Crippen LogP contribution is -2.12. The number of nitrogens with one attached hydrogen (secondary N) is 1. The molecule has 0 atom stereocenters. The van der Waals surface area contributed by atoms with Crippen molar-refractivity contribution in [2.24, 2.45) is 0 Å². The van der Waals surface area contributed by atoms with Crippen LogP contribution in [0.1, 0.15) is 25.3 Å². The van der Waals surface area contributed by atoms with E-state index in [2.05, 4.69) is 33.2 Å². The lowest BCUT2D eigenvalue weighted by Gasteiger charge is -2.09. The Morgan fingerprint density at radius 1 is 1.25 bits per heavy atom. The third-order valence-corrected chi connectivity index (χ3v) is 5.48. The van der Waals surface area contributed by atoms with E-state index in [1.54, 1.807) is 12.1 Å². The second-order valence-electron chi connectivity index (χ2n) is 6.16. The van der Waals surface area contributed by atoms with E-state index < -0.39 is 0 Å². The van der Waals surface area contributed by atoms with Crippen molar-refractivity contribution in [1.29, 1.82) is 0 Å². The Morgan fingerprint density at radius 2 is 2.04 bits per heavy atom. The quantitative estimate of drug-likeness (QED) is 0.413. The largest absolute Gasteiger partial charge is 0.492 e. The van der Waals surface area contributed by atoms with E-state index in [1.165, 1.54) is 29.0 Å². The molecule has 1 amide bonds. The third kappa shape index (κ3) is 5.62. The summed E-state index contributed by atoms with van der Waals surface area (Å²) in [6.07, 6.45) is 1.92. The number of ether oxygens (including phenoxy) is 1. The van der Waals surface area contributed by atoms with Crippen LogP contribution in [0.5, 0.6) is 5.75 Å². The van der Waals surface area contributed by atoms with E-state index in [1.807, 2.05) is 23.6 Å². The minimum atomic E-state index is -0.289. The summed E-state index contributed by atoms with van der Waals surface area (Å²) < 4.78 is 19.7. The van der Waals surface area contributed by atoms with Crippen LogP contribution < -0.4 is 10.1 Å². The van der Waals surface area contributed by atoms with E-state index in [4.69, 9.17) is 4.74 Å². The van der Waals surface area contributed by atoms with Crippen LogP contribution in [0.4, 0.5) is 9.52 Å². The number of hydrogen-bond acceptors (Lipinski definition) is 4. The molecule has 2 aromatic carbocycles. The topological polar surface area (TPSA) is 51.2 Å². The number of nitrogens with zero attached hydrogens (tertiary/aromatic N) is 1. The number of rotatable bonds is 8. The van der Waals surface area contributed by atoms with Crippen molar-refractivity contribution < 1.29 is 13.9 Å². The van der Waals surface area contributed by atoms with Crippen LogP contribution in [0.25, 0.3) is 11.3 Å². The smallest absolute Gasteiger partial charge is 0.226 e. The number of aryl methyl sites for hydroxylation is 1. The molecule has 0 unspecified atom stereocenters. The van der Waals surface area contributed by atoms with Gasteiger partial charge >= 0.3 is 0 Å². The number of anilines is 1. The molecule has 7 heteroatoms. The molecule has 3 aromatic rings. The Kier molecular flexibility index (Phi) is 7.17. The Bertz CT molecular complexity index is 944. The number of carbonyl (C=O) groups excluding carboxylic acids is 1. The number of hydrogen-bond donors (Lipinski definition) is 1. The Balaban J connectivity index is 1.44. The molecular formula is C21H20BrFN2O2S. The summed E-state index contributed by atoms with van der Waals surface area (Å²) in [5.41, 5.74) is 2.76. The zero-order chi connectivity index (χ0) is 19.9. The van der Waals surface area contributed by atoms with Crippen molar-refractivity contribution in [2.45, 2.75) is 26.2 Å². The molecule has 0 saturated carbocycles. The molecule has 0 spiro atoms. The first kappa shape index (κ1) is 20.5. The number of aromatic nitrogens is 1. The average molecular weight is 463 g/mol. The summed E-state index contributed by atoms with van der Waals surface area (Å²) in [7, 11) is 0. The molecule has 0 aliphatic rings. The lowest BCUT2D eigenvalue weighted by molar-refractivity contribution is -0.116. The number of halogens is 2. The third-order valence-electron chi connectivity index (χ3n) is 4.10. The van der Waals surface area contributed by atoms with E-state index >= 15 is 0 Å². The summed E-state index contributed by atoms with van der Waals surface area (Å²) in [6, 6.07) is 12.1. The highest BCUT2D eigenvalue weighted by atomic mass is 79.9. The summed E-state index contributed by atoms with van der Waals surface area (Å²) >= 11 is 4.85. The van der Waals surface area contributed by atoms with Gasteiger partial charge in [-0.3, -0.25) is 4.79 Å². The predicted octanol–water partition coefficient (Wildman–Crippen LogP) is 6.07. The highest BCUT2D eigenvalue weighted by Crippen LogP contribution is 2.27.